The smallest absolute Gasteiger partial charge is 0.302 e. The molecular formula is C20H29FO2Si. The molecule has 0 unspecified atom stereocenters. The lowest BCUT2D eigenvalue weighted by Crippen LogP contribution is -2.45. The van der Waals surface area contributed by atoms with E-state index in [1.807, 2.05) is 31.2 Å². The van der Waals surface area contributed by atoms with Crippen LogP contribution < -0.4 is 0 Å². The van der Waals surface area contributed by atoms with E-state index in [-0.39, 0.29) is 29.3 Å². The van der Waals surface area contributed by atoms with Gasteiger partial charge in [0.25, 0.3) is 8.41 Å². The summed E-state index contributed by atoms with van der Waals surface area (Å²) in [5.41, 5.74) is 0.970. The van der Waals surface area contributed by atoms with Crippen molar-refractivity contribution in [3.8, 4) is 0 Å². The molecule has 0 saturated carbocycles. The molecular weight excluding hydrogens is 319 g/mol. The molecule has 0 radical (unpaired) electrons. The molecule has 0 aliphatic heterocycles. The minimum absolute atomic E-state index is 0.0344. The van der Waals surface area contributed by atoms with E-state index in [0.717, 1.165) is 5.20 Å². The van der Waals surface area contributed by atoms with Crippen molar-refractivity contribution in [2.75, 3.05) is 0 Å². The zero-order valence-corrected chi connectivity index (χ0v) is 16.6. The van der Waals surface area contributed by atoms with Gasteiger partial charge in [-0.3, -0.25) is 4.79 Å². The van der Waals surface area contributed by atoms with Crippen molar-refractivity contribution in [2.24, 2.45) is 11.8 Å². The molecule has 132 valence electrons. The summed E-state index contributed by atoms with van der Waals surface area (Å²) in [5, 5.41) is 0.951. The second-order valence-corrected chi connectivity index (χ2v) is 11.5. The summed E-state index contributed by atoms with van der Waals surface area (Å²) in [7, 11) is -2.95. The van der Waals surface area contributed by atoms with Crippen LogP contribution in [0.15, 0.2) is 41.6 Å². The second kappa shape index (κ2) is 6.83. The molecule has 1 aliphatic rings. The Hall–Kier alpha value is -1.42. The first-order chi connectivity index (χ1) is 11.0. The van der Waals surface area contributed by atoms with E-state index < -0.39 is 8.41 Å². The average Bonchev–Trinajstić information content (AvgIpc) is 2.48. The number of hydrogen-bond donors (Lipinski definition) is 0. The third-order valence-corrected chi connectivity index (χ3v) is 7.15. The summed E-state index contributed by atoms with van der Waals surface area (Å²) in [4.78, 5) is 11.5. The Kier molecular flexibility index (Phi) is 5.38. The Bertz CT molecular complexity index is 616. The van der Waals surface area contributed by atoms with Gasteiger partial charge >= 0.3 is 5.97 Å². The van der Waals surface area contributed by atoms with Crippen molar-refractivity contribution in [1.82, 2.24) is 0 Å². The zero-order chi connectivity index (χ0) is 18.1. The van der Waals surface area contributed by atoms with Gasteiger partial charge < -0.3 is 8.84 Å². The average molecular weight is 349 g/mol. The monoisotopic (exact) mass is 348 g/mol. The summed E-state index contributed by atoms with van der Waals surface area (Å²) in [6, 6.07) is 10.2. The van der Waals surface area contributed by atoms with E-state index in [1.165, 1.54) is 12.5 Å². The van der Waals surface area contributed by atoms with Gasteiger partial charge in [0.05, 0.1) is 0 Å². The summed E-state index contributed by atoms with van der Waals surface area (Å²) in [6.07, 6.45) is 2.53. The lowest BCUT2D eigenvalue weighted by atomic mass is 9.68. The summed E-state index contributed by atoms with van der Waals surface area (Å²) < 4.78 is 20.6. The molecule has 0 N–H and O–H groups in total. The van der Waals surface area contributed by atoms with Crippen LogP contribution in [0.2, 0.25) is 13.1 Å². The van der Waals surface area contributed by atoms with Gasteiger partial charge in [-0.15, -0.1) is 0 Å². The zero-order valence-electron chi connectivity index (χ0n) is 15.6. The number of rotatable bonds is 4. The Labute approximate surface area is 146 Å². The maximum absolute atomic E-state index is 15.1. The summed E-state index contributed by atoms with van der Waals surface area (Å²) in [5.74, 6) is -0.182. The van der Waals surface area contributed by atoms with Gasteiger partial charge in [-0.25, -0.2) is 0 Å². The molecule has 0 bridgehead atoms. The predicted octanol–water partition coefficient (Wildman–Crippen LogP) is 5.19. The molecule has 3 atom stereocenters. The molecule has 24 heavy (non-hydrogen) atoms. The number of benzene rings is 1. The van der Waals surface area contributed by atoms with E-state index in [9.17, 15) is 4.79 Å². The Balaban J connectivity index is 2.46. The first-order valence-electron chi connectivity index (χ1n) is 8.67. The highest BCUT2D eigenvalue weighted by atomic mass is 28.4. The van der Waals surface area contributed by atoms with Gasteiger partial charge in [0.2, 0.25) is 0 Å². The normalized spacial score (nSPS) is 25.1. The predicted molar refractivity (Wildman–Crippen MR) is 99.0 cm³/mol. The number of carbonyl (C=O) groups excluding carboxylic acids is 1. The van der Waals surface area contributed by atoms with Crippen molar-refractivity contribution >= 4 is 14.4 Å². The minimum atomic E-state index is -2.95. The summed E-state index contributed by atoms with van der Waals surface area (Å²) >= 11 is 0. The number of esters is 1. The first-order valence-corrected chi connectivity index (χ1v) is 11.5. The van der Waals surface area contributed by atoms with E-state index in [2.05, 4.69) is 26.0 Å². The van der Waals surface area contributed by atoms with Gasteiger partial charge in [-0.05, 0) is 41.6 Å². The fraction of sp³-hybridized carbons (Fsp3) is 0.550. The molecule has 0 amide bonds. The highest BCUT2D eigenvalue weighted by Gasteiger charge is 2.46. The molecule has 0 saturated heterocycles. The second-order valence-electron chi connectivity index (χ2n) is 7.98. The molecule has 1 aromatic carbocycles. The fourth-order valence-corrected chi connectivity index (χ4v) is 5.78. The Morgan fingerprint density at radius 1 is 1.25 bits per heavy atom. The van der Waals surface area contributed by atoms with Gasteiger partial charge in [0, 0.05) is 12.8 Å². The van der Waals surface area contributed by atoms with Crippen molar-refractivity contribution in [1.29, 1.82) is 0 Å². The maximum Gasteiger partial charge on any atom is 0.302 e. The highest BCUT2D eigenvalue weighted by Crippen LogP contribution is 2.46. The molecule has 0 spiro atoms. The minimum Gasteiger partial charge on any atom is -0.462 e. The SMILES string of the molecule is CC(=O)O[C@H]1C[C@H](C(C)(C)c2ccccc2)C([Si](C)(C)F)=C[C@H]1C. The van der Waals surface area contributed by atoms with E-state index in [0.29, 0.717) is 6.42 Å². The van der Waals surface area contributed by atoms with E-state index in [4.69, 9.17) is 4.74 Å². The van der Waals surface area contributed by atoms with Crippen molar-refractivity contribution in [3.05, 3.63) is 47.2 Å². The first kappa shape index (κ1) is 18.9. The van der Waals surface area contributed by atoms with Gasteiger partial charge in [-0.1, -0.05) is 57.2 Å². The lowest BCUT2D eigenvalue weighted by Gasteiger charge is -2.44. The highest BCUT2D eigenvalue weighted by molar-refractivity contribution is 6.78. The van der Waals surface area contributed by atoms with Gasteiger partial charge in [-0.2, -0.15) is 0 Å². The van der Waals surface area contributed by atoms with Crippen LogP contribution in [0.1, 0.15) is 39.7 Å². The number of carbonyl (C=O) groups is 1. The molecule has 0 aromatic heterocycles. The third-order valence-electron chi connectivity index (χ3n) is 5.27. The molecule has 1 aromatic rings. The quantitative estimate of drug-likeness (QED) is 0.425. The van der Waals surface area contributed by atoms with Crippen molar-refractivity contribution in [2.45, 2.75) is 58.7 Å². The van der Waals surface area contributed by atoms with Crippen LogP contribution in [-0.2, 0) is 14.9 Å². The van der Waals surface area contributed by atoms with Gasteiger partial charge in [0.15, 0.2) is 0 Å². The summed E-state index contributed by atoms with van der Waals surface area (Å²) in [6.45, 7) is 11.3. The molecule has 0 heterocycles. The third kappa shape index (κ3) is 3.97. The molecule has 2 nitrogen and oxygen atoms in total. The van der Waals surface area contributed by atoms with Crippen LogP contribution in [0.5, 0.6) is 0 Å². The number of hydrogen-bond acceptors (Lipinski definition) is 2. The standard InChI is InChI=1S/C20H29FO2Si/c1-14-12-19(24(5,6)21)17(13-18(14)23-15(2)22)20(3,4)16-10-8-7-9-11-16/h7-12,14,17-18H,13H2,1-6H3/t14-,17+,18+/m1/s1. The van der Waals surface area contributed by atoms with Crippen LogP contribution in [0.25, 0.3) is 0 Å². The van der Waals surface area contributed by atoms with Crippen molar-refractivity contribution < 1.29 is 13.6 Å². The van der Waals surface area contributed by atoms with Crippen molar-refractivity contribution in [3.63, 3.8) is 0 Å². The molecule has 1 aliphatic carbocycles. The van der Waals surface area contributed by atoms with E-state index in [1.54, 1.807) is 13.1 Å². The maximum atomic E-state index is 15.1. The largest absolute Gasteiger partial charge is 0.462 e. The topological polar surface area (TPSA) is 26.3 Å². The molecule has 4 heteroatoms. The van der Waals surface area contributed by atoms with Crippen LogP contribution in [0.4, 0.5) is 4.11 Å². The number of halogens is 1. The Morgan fingerprint density at radius 2 is 1.83 bits per heavy atom. The van der Waals surface area contributed by atoms with Crippen LogP contribution in [0, 0.1) is 11.8 Å². The van der Waals surface area contributed by atoms with Crippen LogP contribution in [-0.4, -0.2) is 20.5 Å². The van der Waals surface area contributed by atoms with Crippen LogP contribution in [0.3, 0.4) is 0 Å². The van der Waals surface area contributed by atoms with Gasteiger partial charge in [0.1, 0.15) is 6.10 Å². The Morgan fingerprint density at radius 3 is 2.33 bits per heavy atom. The van der Waals surface area contributed by atoms with E-state index >= 15 is 4.11 Å². The number of allylic oxidation sites excluding steroid dienone is 1. The number of ether oxygens (including phenoxy) is 1. The van der Waals surface area contributed by atoms with Crippen LogP contribution >= 0.6 is 0 Å². The molecule has 2 rings (SSSR count). The lowest BCUT2D eigenvalue weighted by molar-refractivity contribution is -0.149. The molecule has 0 fully saturated rings. The fourth-order valence-electron chi connectivity index (χ4n) is 3.81.